The second kappa shape index (κ2) is 39.4. The van der Waals surface area contributed by atoms with Gasteiger partial charge in [-0.1, -0.05) is 33.8 Å². The molecule has 0 unspecified atom stereocenters. The number of amides is 4. The first-order chi connectivity index (χ1) is 71.0. The van der Waals surface area contributed by atoms with E-state index in [0.29, 0.717) is 123 Å². The van der Waals surface area contributed by atoms with Crippen LogP contribution in [0.1, 0.15) is 301 Å². The number of hydrogen-bond donors (Lipinski definition) is 8. The van der Waals surface area contributed by atoms with Gasteiger partial charge in [-0.15, -0.1) is 0 Å². The Labute approximate surface area is 846 Å². The lowest BCUT2D eigenvalue weighted by Crippen LogP contribution is -2.41. The molecule has 147 heavy (non-hydrogen) atoms. The summed E-state index contributed by atoms with van der Waals surface area (Å²) in [6, 6.07) is 41.4. The molecule has 9 aliphatic rings. The van der Waals surface area contributed by atoms with E-state index in [1.807, 2.05) is 138 Å². The number of fused-ring (bicyclic) bond motifs is 4. The van der Waals surface area contributed by atoms with Gasteiger partial charge in [0.05, 0.1) is 132 Å². The molecular weight excluding hydrogens is 1870 g/mol. The molecule has 9 fully saturated rings. The van der Waals surface area contributed by atoms with Gasteiger partial charge in [-0.3, -0.25) is 42.9 Å². The van der Waals surface area contributed by atoms with E-state index in [0.717, 1.165) is 221 Å². The fourth-order valence-corrected chi connectivity index (χ4v) is 22.5. The zero-order valence-corrected chi connectivity index (χ0v) is 82.8. The first-order valence-electron chi connectivity index (χ1n) is 51.8. The molecule has 9 aliphatic carbocycles. The van der Waals surface area contributed by atoms with Crippen LogP contribution in [0.15, 0.2) is 221 Å². The summed E-state index contributed by atoms with van der Waals surface area (Å²) >= 11 is 0. The van der Waals surface area contributed by atoms with Crippen LogP contribution in [-0.2, 0) is 0 Å². The predicted molar refractivity (Wildman–Crippen MR) is 548 cm³/mol. The molecule has 35 nitrogen and oxygen atoms in total. The summed E-state index contributed by atoms with van der Waals surface area (Å²) in [4.78, 5) is 70.1. The molecule has 0 radical (unpaired) electrons. The van der Waals surface area contributed by atoms with Crippen molar-refractivity contribution in [3.8, 4) is 45.6 Å². The number of nitrogens with zero attached hydrogens (tertiary/aromatic N) is 16. The number of aromatic nitrogens is 16. The number of aliphatic hydroxyl groups is 4. The average molecular weight is 1990 g/mol. The Hall–Kier alpha value is -14.9. The van der Waals surface area contributed by atoms with Crippen LogP contribution in [-0.4, -0.2) is 126 Å². The second-order valence-corrected chi connectivity index (χ2v) is 42.6. The predicted octanol–water partition coefficient (Wildman–Crippen LogP) is 19.2. The Morgan fingerprint density at radius 3 is 0.939 bits per heavy atom. The number of oxazole rings is 3. The number of aryl methyl sites for hydroxylation is 1. The standard InChI is InChI=1S/C30H33N5O3.C28H29N5O4.C28H31N5O4.C26H27N5O4/c1-19(2)27-7-5-8-28(35(27)38)29(36)32-26-16-20-18-34(22-11-13-30(37,14-12-22)21-9-10-21)33-25(20)17-23(26)24-6-3-4-15-31-24;34-26(25-3-1-2-24(33(25)36)17-4-5-17)30-23-14-18-16-32(20-8-10-28(35,11-9-20)19-6-7-19)31-22(18)15-21(23)27-29-12-13-37-27;1-17(2)24-4-3-5-25(33(24)36)26(34)30-23-14-18-16-32(20-8-10-28(35,11-9-20)19-6-7-19)31-22(18)15-21(23)27-29-12-13-37-27;1-16-3-2-4-23(31(16)34)24(32)28-22-13-17-15-30(19-7-9-26(33,10-8-19)18-5-6-18)29-21(17)14-20(22)25-27-11-12-35-25/h3-8,15-19,21-22,37H,9-14H2,1-2H3,(H,32,36);1-3,12-17,19-20,35H,4-11H2,(H,30,34);3-5,12-17,19-20,35H,6-11H2,1-2H3,(H,30,34);2-4,11-15,18-19,33H,5-10H2,1H3,(H,28,32). The van der Waals surface area contributed by atoms with Gasteiger partial charge < -0.3 is 75.8 Å². The molecule has 25 rings (SSSR count). The lowest BCUT2D eigenvalue weighted by atomic mass is 9.79. The third kappa shape index (κ3) is 20.2. The highest BCUT2D eigenvalue weighted by Crippen LogP contribution is 2.54. The van der Waals surface area contributed by atoms with Gasteiger partial charge in [-0.05, 0) is 276 Å². The third-order valence-corrected chi connectivity index (χ3v) is 31.9. The van der Waals surface area contributed by atoms with Crippen LogP contribution in [0.5, 0.6) is 0 Å². The number of pyridine rings is 5. The van der Waals surface area contributed by atoms with Gasteiger partial charge in [0.25, 0.3) is 22.8 Å². The Morgan fingerprint density at radius 2 is 0.646 bits per heavy atom. The largest absolute Gasteiger partial charge is 0.618 e. The van der Waals surface area contributed by atoms with Gasteiger partial charge in [0.15, 0.2) is 22.8 Å². The van der Waals surface area contributed by atoms with Crippen LogP contribution in [0, 0.1) is 51.4 Å². The molecular formula is C112H120N20O15. The molecule has 16 aromatic rings. The van der Waals surface area contributed by atoms with E-state index in [2.05, 4.69) is 41.2 Å². The summed E-state index contributed by atoms with van der Waals surface area (Å²) in [5.41, 5.74) is 8.59. The Morgan fingerprint density at radius 1 is 0.347 bits per heavy atom. The molecule has 0 saturated heterocycles. The summed E-state index contributed by atoms with van der Waals surface area (Å²) in [6.07, 6.45) is 43.4. The Bertz CT molecular complexity index is 7370. The van der Waals surface area contributed by atoms with Crippen molar-refractivity contribution < 1.29 is 71.8 Å². The number of rotatable bonds is 23. The monoisotopic (exact) mass is 1980 g/mol. The molecule has 0 bridgehead atoms. The smallest absolute Gasteiger partial charge is 0.321 e. The minimum atomic E-state index is -0.519. The highest BCUT2D eigenvalue weighted by atomic mass is 16.5. The summed E-state index contributed by atoms with van der Waals surface area (Å²) in [5.74, 6) is 1.16. The molecule has 12 aromatic heterocycles. The minimum absolute atomic E-state index is 0.00417. The SMILES string of the molecule is CC(C)c1cccc(C(=O)Nc2cc3cn(C4CCC(O)(C5CC5)CC4)nc3cc2-c2ccccn2)[n+]1[O-].CC(C)c1cccc(C(=O)Nc2cc3cn(C4CCC(O)(C5CC5)CC4)nc3cc2-c2ncco2)[n+]1[O-].Cc1cccc(C(=O)Nc2cc3cn(C4CCC(O)(C5CC5)CC4)nc3cc2-c2ncco2)[n+]1[O-].O=C(Nc1cc2cn(C3CCC(O)(C4CC4)CC3)nc2cc1-c1ncco1)c1cccc(C2CC2)[n+]1[O-]. The van der Waals surface area contributed by atoms with Crippen molar-refractivity contribution in [1.82, 2.24) is 59.1 Å². The number of benzene rings is 4. The maximum atomic E-state index is 13.3. The topological polar surface area (TPSA) is 467 Å². The van der Waals surface area contributed by atoms with E-state index in [9.17, 15) is 60.4 Å². The van der Waals surface area contributed by atoms with Gasteiger partial charge in [0.2, 0.25) is 17.7 Å². The molecule has 758 valence electrons. The van der Waals surface area contributed by atoms with Crippen molar-refractivity contribution in [2.75, 3.05) is 21.3 Å². The van der Waals surface area contributed by atoms with Gasteiger partial charge in [0.1, 0.15) is 18.8 Å². The summed E-state index contributed by atoms with van der Waals surface area (Å²) < 4.78 is 27.4. The summed E-state index contributed by atoms with van der Waals surface area (Å²) in [7, 11) is 0. The number of carbonyl (C=O) groups is 4. The van der Waals surface area contributed by atoms with Crippen molar-refractivity contribution >= 4 is 90.0 Å². The fraction of sp³-hybridized carbons (Fsp3) is 0.411. The van der Waals surface area contributed by atoms with E-state index >= 15 is 0 Å². The molecule has 35 heteroatoms. The van der Waals surface area contributed by atoms with E-state index in [4.69, 9.17) is 33.6 Å². The summed E-state index contributed by atoms with van der Waals surface area (Å²) in [5, 5.41) is 129. The highest BCUT2D eigenvalue weighted by molar-refractivity contribution is 6.09. The number of anilines is 4. The van der Waals surface area contributed by atoms with E-state index in [1.54, 1.807) is 86.3 Å². The third-order valence-electron chi connectivity index (χ3n) is 31.9. The molecule has 0 spiro atoms. The van der Waals surface area contributed by atoms with E-state index in [1.165, 1.54) is 37.0 Å². The molecule has 0 aliphatic heterocycles. The Balaban J connectivity index is 0.000000111. The maximum Gasteiger partial charge on any atom is 0.321 e. The summed E-state index contributed by atoms with van der Waals surface area (Å²) in [6.45, 7) is 9.33. The second-order valence-electron chi connectivity index (χ2n) is 42.6. The van der Waals surface area contributed by atoms with Gasteiger partial charge in [0, 0.05) is 131 Å². The van der Waals surface area contributed by atoms with E-state index < -0.39 is 46.0 Å². The van der Waals surface area contributed by atoms with Crippen molar-refractivity contribution in [2.24, 2.45) is 23.7 Å². The minimum Gasteiger partial charge on any atom is -0.618 e. The first-order valence-corrected chi connectivity index (χ1v) is 51.8. The maximum absolute atomic E-state index is 13.3. The molecule has 4 aromatic carbocycles. The quantitative estimate of drug-likeness (QED) is 0.0218. The van der Waals surface area contributed by atoms with Gasteiger partial charge >= 0.3 is 23.6 Å². The zero-order valence-electron chi connectivity index (χ0n) is 82.8. The van der Waals surface area contributed by atoms with Gasteiger partial charge in [-0.2, -0.15) is 39.3 Å². The van der Waals surface area contributed by atoms with Crippen molar-refractivity contribution in [1.29, 1.82) is 0 Å². The first kappa shape index (κ1) is 96.8. The molecule has 9 saturated carbocycles. The molecule has 0 atom stereocenters. The van der Waals surface area contributed by atoms with Crippen LogP contribution in [0.25, 0.3) is 89.2 Å². The highest BCUT2D eigenvalue weighted by Gasteiger charge is 2.50. The number of nitrogens with one attached hydrogen (secondary N) is 4. The van der Waals surface area contributed by atoms with E-state index in [-0.39, 0.29) is 64.7 Å². The Kier molecular flexibility index (Phi) is 26.0. The van der Waals surface area contributed by atoms with Crippen LogP contribution in [0.2, 0.25) is 0 Å². The van der Waals surface area contributed by atoms with Crippen LogP contribution in [0.4, 0.5) is 22.7 Å². The average Bonchev–Trinajstić information content (AvgIpc) is 1.63. The lowest BCUT2D eigenvalue weighted by molar-refractivity contribution is -0.617. The van der Waals surface area contributed by atoms with Crippen LogP contribution >= 0.6 is 0 Å². The van der Waals surface area contributed by atoms with Crippen molar-refractivity contribution in [3.05, 3.63) is 274 Å². The fourth-order valence-electron chi connectivity index (χ4n) is 22.5. The molecule has 8 N–H and O–H groups in total. The van der Waals surface area contributed by atoms with Crippen LogP contribution in [0.3, 0.4) is 0 Å². The normalized spacial score (nSPS) is 22.5. The van der Waals surface area contributed by atoms with Crippen molar-refractivity contribution in [2.45, 2.75) is 266 Å². The zero-order chi connectivity index (χ0) is 101. The van der Waals surface area contributed by atoms with Crippen molar-refractivity contribution in [3.63, 3.8) is 0 Å². The van der Waals surface area contributed by atoms with Crippen LogP contribution < -0.4 is 40.2 Å². The van der Waals surface area contributed by atoms with Gasteiger partial charge in [-0.25, -0.2) is 15.0 Å². The molecule has 12 heterocycles. The number of hydrogen-bond acceptors (Lipinski definition) is 23. The lowest BCUT2D eigenvalue weighted by Gasteiger charge is -2.36. The number of carbonyl (C=O) groups excluding carboxylic acids is 4. The molecule has 4 amide bonds.